The van der Waals surface area contributed by atoms with Gasteiger partial charge in [-0.15, -0.1) is 11.3 Å². The first-order chi connectivity index (χ1) is 17.4. The van der Waals surface area contributed by atoms with Gasteiger partial charge in [-0.25, -0.2) is 0 Å². The minimum absolute atomic E-state index is 0.0138. The number of carbonyl (C=O) groups is 2. The van der Waals surface area contributed by atoms with E-state index in [2.05, 4.69) is 11.4 Å². The molecule has 0 N–H and O–H groups in total. The fourth-order valence-corrected chi connectivity index (χ4v) is 5.47. The summed E-state index contributed by atoms with van der Waals surface area (Å²) in [6.45, 7) is 5.50. The van der Waals surface area contributed by atoms with Crippen LogP contribution in [0.25, 0.3) is 0 Å². The molecule has 8 heteroatoms. The molecule has 0 spiro atoms. The van der Waals surface area contributed by atoms with Crippen LogP contribution in [0, 0.1) is 5.92 Å². The van der Waals surface area contributed by atoms with Crippen molar-refractivity contribution in [2.45, 2.75) is 26.3 Å². The normalized spacial score (nSPS) is 14.9. The van der Waals surface area contributed by atoms with Crippen LogP contribution in [0.1, 0.15) is 40.7 Å². The molecule has 0 unspecified atom stereocenters. The van der Waals surface area contributed by atoms with E-state index < -0.39 is 0 Å². The fraction of sp³-hybridized carbons (Fsp3) is 0.357. The maximum atomic E-state index is 13.7. The Bertz CT molecular complexity index is 1180. The third-order valence-corrected chi connectivity index (χ3v) is 7.42. The van der Waals surface area contributed by atoms with E-state index >= 15 is 0 Å². The van der Waals surface area contributed by atoms with Gasteiger partial charge in [-0.2, -0.15) is 0 Å². The van der Waals surface area contributed by atoms with Gasteiger partial charge in [0.1, 0.15) is 24.7 Å². The van der Waals surface area contributed by atoms with E-state index in [1.54, 1.807) is 59.7 Å². The lowest BCUT2D eigenvalue weighted by Gasteiger charge is -2.37. The summed E-state index contributed by atoms with van der Waals surface area (Å²) in [5.74, 6) is 1.35. The number of benzene rings is 2. The molecule has 0 saturated heterocycles. The molecule has 0 fully saturated rings. The maximum Gasteiger partial charge on any atom is 0.254 e. The number of nitrogens with zero attached hydrogens (tertiary/aromatic N) is 2. The van der Waals surface area contributed by atoms with E-state index in [1.807, 2.05) is 30.9 Å². The molecule has 1 aliphatic rings. The van der Waals surface area contributed by atoms with E-state index in [1.165, 1.54) is 4.88 Å². The summed E-state index contributed by atoms with van der Waals surface area (Å²) in [6, 6.07) is 16.1. The SMILES string of the molecule is COc1ccc(C(=O)N(CC(=O)N2CCc3sccc3[C@H]2COc2ccc(Cl)cc2)CC(C)C)cc1. The van der Waals surface area contributed by atoms with Gasteiger partial charge in [0, 0.05) is 28.6 Å². The zero-order chi connectivity index (χ0) is 25.7. The van der Waals surface area contributed by atoms with Gasteiger partial charge < -0.3 is 19.3 Å². The lowest BCUT2D eigenvalue weighted by Crippen LogP contribution is -2.48. The lowest BCUT2D eigenvalue weighted by molar-refractivity contribution is -0.135. The number of halogens is 1. The summed E-state index contributed by atoms with van der Waals surface area (Å²) in [5.41, 5.74) is 1.65. The topological polar surface area (TPSA) is 59.1 Å². The van der Waals surface area contributed by atoms with Crippen molar-refractivity contribution in [2.24, 2.45) is 5.92 Å². The van der Waals surface area contributed by atoms with Gasteiger partial charge >= 0.3 is 0 Å². The molecule has 2 heterocycles. The van der Waals surface area contributed by atoms with E-state index in [-0.39, 0.29) is 30.3 Å². The summed E-state index contributed by atoms with van der Waals surface area (Å²) in [7, 11) is 1.59. The third-order valence-electron chi connectivity index (χ3n) is 6.17. The van der Waals surface area contributed by atoms with Crippen molar-refractivity contribution in [1.82, 2.24) is 9.80 Å². The fourth-order valence-electron chi connectivity index (χ4n) is 4.41. The predicted octanol–water partition coefficient (Wildman–Crippen LogP) is 5.71. The molecule has 2 amide bonds. The van der Waals surface area contributed by atoms with Gasteiger partial charge in [-0.05, 0) is 77.9 Å². The Morgan fingerprint density at radius 1 is 1.08 bits per heavy atom. The molecule has 2 aromatic carbocycles. The maximum absolute atomic E-state index is 13.7. The number of thiophene rings is 1. The molecule has 0 aliphatic carbocycles. The molecule has 3 aromatic rings. The number of fused-ring (bicyclic) bond motifs is 1. The van der Waals surface area contributed by atoms with Crippen molar-refractivity contribution in [1.29, 1.82) is 0 Å². The Hall–Kier alpha value is -3.03. The second kappa shape index (κ2) is 11.8. The Balaban J connectivity index is 1.52. The Kier molecular flexibility index (Phi) is 8.54. The minimum Gasteiger partial charge on any atom is -0.497 e. The number of hydrogen-bond donors (Lipinski definition) is 0. The number of rotatable bonds is 9. The van der Waals surface area contributed by atoms with E-state index in [4.69, 9.17) is 21.1 Å². The van der Waals surface area contributed by atoms with Crippen molar-refractivity contribution in [3.8, 4) is 11.5 Å². The molecule has 0 saturated carbocycles. The number of amides is 2. The Morgan fingerprint density at radius 2 is 1.78 bits per heavy atom. The van der Waals surface area contributed by atoms with Crippen molar-refractivity contribution < 1.29 is 19.1 Å². The van der Waals surface area contributed by atoms with Crippen molar-refractivity contribution in [3.63, 3.8) is 0 Å². The van der Waals surface area contributed by atoms with Gasteiger partial charge in [-0.1, -0.05) is 25.4 Å². The number of hydrogen-bond acceptors (Lipinski definition) is 5. The Labute approximate surface area is 221 Å². The molecular weight excluding hydrogens is 496 g/mol. The van der Waals surface area contributed by atoms with Gasteiger partial charge in [0.2, 0.25) is 5.91 Å². The average Bonchev–Trinajstić information content (AvgIpc) is 3.36. The lowest BCUT2D eigenvalue weighted by atomic mass is 10.00. The first kappa shape index (κ1) is 26.0. The van der Waals surface area contributed by atoms with E-state index in [0.29, 0.717) is 41.8 Å². The van der Waals surface area contributed by atoms with Gasteiger partial charge in [-0.3, -0.25) is 9.59 Å². The minimum atomic E-state index is -0.222. The summed E-state index contributed by atoms with van der Waals surface area (Å²) >= 11 is 7.71. The molecule has 1 aliphatic heterocycles. The van der Waals surface area contributed by atoms with Crippen LogP contribution < -0.4 is 9.47 Å². The first-order valence-electron chi connectivity index (χ1n) is 12.0. The van der Waals surface area contributed by atoms with Crippen LogP contribution in [0.4, 0.5) is 0 Å². The molecule has 0 bridgehead atoms. The van der Waals surface area contributed by atoms with Gasteiger partial charge in [0.15, 0.2) is 0 Å². The zero-order valence-corrected chi connectivity index (χ0v) is 22.3. The third kappa shape index (κ3) is 6.20. The second-order valence-electron chi connectivity index (χ2n) is 9.22. The standard InChI is InChI=1S/C28H31ClN2O4S/c1-19(2)16-30(28(33)20-4-8-22(34-3)9-5-20)17-27(32)31-14-12-26-24(13-15-36-26)25(31)18-35-23-10-6-21(29)7-11-23/h4-11,13,15,19,25H,12,14,16-18H2,1-3H3/t25-/m1/s1. The predicted molar refractivity (Wildman–Crippen MR) is 143 cm³/mol. The summed E-state index contributed by atoms with van der Waals surface area (Å²) in [6.07, 6.45) is 0.798. The van der Waals surface area contributed by atoms with Gasteiger partial charge in [0.05, 0.1) is 13.2 Å². The largest absolute Gasteiger partial charge is 0.497 e. The highest BCUT2D eigenvalue weighted by molar-refractivity contribution is 7.10. The van der Waals surface area contributed by atoms with Crippen LogP contribution in [0.15, 0.2) is 60.0 Å². The second-order valence-corrected chi connectivity index (χ2v) is 10.7. The molecule has 0 radical (unpaired) electrons. The number of carbonyl (C=O) groups excluding carboxylic acids is 2. The highest BCUT2D eigenvalue weighted by atomic mass is 35.5. The van der Waals surface area contributed by atoms with Crippen LogP contribution in [0.5, 0.6) is 11.5 Å². The van der Waals surface area contributed by atoms with E-state index in [0.717, 1.165) is 12.0 Å². The number of ether oxygens (including phenoxy) is 2. The molecule has 190 valence electrons. The van der Waals surface area contributed by atoms with E-state index in [9.17, 15) is 9.59 Å². The Morgan fingerprint density at radius 3 is 2.44 bits per heavy atom. The molecule has 6 nitrogen and oxygen atoms in total. The average molecular weight is 527 g/mol. The molecule has 1 aromatic heterocycles. The molecule has 4 rings (SSSR count). The monoisotopic (exact) mass is 526 g/mol. The van der Waals surface area contributed by atoms with Crippen molar-refractivity contribution >= 4 is 34.8 Å². The summed E-state index contributed by atoms with van der Waals surface area (Å²) in [5, 5.41) is 2.70. The first-order valence-corrected chi connectivity index (χ1v) is 13.3. The quantitative estimate of drug-likeness (QED) is 0.358. The van der Waals surface area contributed by atoms with Crippen LogP contribution in [-0.4, -0.2) is 55.0 Å². The van der Waals surface area contributed by atoms with Crippen LogP contribution in [0.3, 0.4) is 0 Å². The smallest absolute Gasteiger partial charge is 0.254 e. The molecular formula is C28H31ClN2O4S. The highest BCUT2D eigenvalue weighted by Crippen LogP contribution is 2.34. The van der Waals surface area contributed by atoms with Crippen LogP contribution in [0.2, 0.25) is 5.02 Å². The molecule has 36 heavy (non-hydrogen) atoms. The van der Waals surface area contributed by atoms with Crippen molar-refractivity contribution in [3.05, 3.63) is 81.0 Å². The van der Waals surface area contributed by atoms with Gasteiger partial charge in [0.25, 0.3) is 5.91 Å². The van der Waals surface area contributed by atoms with Crippen molar-refractivity contribution in [2.75, 3.05) is 33.4 Å². The van der Waals surface area contributed by atoms with Crippen LogP contribution in [-0.2, 0) is 11.2 Å². The molecule has 1 atom stereocenters. The van der Waals surface area contributed by atoms with Crippen LogP contribution >= 0.6 is 22.9 Å². The number of methoxy groups -OCH3 is 1. The highest BCUT2D eigenvalue weighted by Gasteiger charge is 2.33. The zero-order valence-electron chi connectivity index (χ0n) is 20.8. The summed E-state index contributed by atoms with van der Waals surface area (Å²) < 4.78 is 11.3. The summed E-state index contributed by atoms with van der Waals surface area (Å²) in [4.78, 5) is 31.8.